The van der Waals surface area contributed by atoms with Crippen molar-refractivity contribution < 1.29 is 18.5 Å². The molecule has 124 valence electrons. The Morgan fingerprint density at radius 2 is 2.17 bits per heavy atom. The molecule has 2 heterocycles. The van der Waals surface area contributed by atoms with Gasteiger partial charge in [0.1, 0.15) is 11.5 Å². The Morgan fingerprint density at radius 3 is 2.92 bits per heavy atom. The highest BCUT2D eigenvalue weighted by molar-refractivity contribution is 7.99. The number of benzene rings is 1. The summed E-state index contributed by atoms with van der Waals surface area (Å²) in [7, 11) is 1.55. The summed E-state index contributed by atoms with van der Waals surface area (Å²) in [6.07, 6.45) is 0. The SMILES string of the molecule is COc1ccccc1NC(=O)CSc1nnc(-c2cc(C)on2)o1. The molecule has 3 aromatic rings. The molecule has 1 amide bonds. The van der Waals surface area contributed by atoms with Gasteiger partial charge in [0, 0.05) is 6.07 Å². The van der Waals surface area contributed by atoms with Crippen LogP contribution in [-0.2, 0) is 4.79 Å². The number of nitrogens with zero attached hydrogens (tertiary/aromatic N) is 3. The first kappa shape index (κ1) is 16.1. The Hall–Kier alpha value is -2.81. The highest BCUT2D eigenvalue weighted by atomic mass is 32.2. The fourth-order valence-electron chi connectivity index (χ4n) is 1.90. The lowest BCUT2D eigenvalue weighted by atomic mass is 10.3. The van der Waals surface area contributed by atoms with Gasteiger partial charge in [-0.15, -0.1) is 10.2 Å². The summed E-state index contributed by atoms with van der Waals surface area (Å²) in [5.74, 6) is 1.41. The van der Waals surface area contributed by atoms with Crippen LogP contribution in [-0.4, -0.2) is 34.1 Å². The van der Waals surface area contributed by atoms with E-state index in [1.165, 1.54) is 0 Å². The second kappa shape index (κ2) is 7.18. The van der Waals surface area contributed by atoms with Crippen molar-refractivity contribution in [1.82, 2.24) is 15.4 Å². The molecule has 0 bridgehead atoms. The summed E-state index contributed by atoms with van der Waals surface area (Å²) in [4.78, 5) is 12.0. The van der Waals surface area contributed by atoms with Crippen LogP contribution in [0.3, 0.4) is 0 Å². The Bertz CT molecular complexity index is 845. The molecule has 0 aliphatic carbocycles. The first-order valence-electron chi connectivity index (χ1n) is 6.98. The highest BCUT2D eigenvalue weighted by Crippen LogP contribution is 2.25. The number of aromatic nitrogens is 3. The van der Waals surface area contributed by atoms with Crippen LogP contribution in [0.1, 0.15) is 5.76 Å². The molecule has 0 atom stereocenters. The monoisotopic (exact) mass is 346 g/mol. The molecule has 8 nitrogen and oxygen atoms in total. The first-order valence-corrected chi connectivity index (χ1v) is 7.97. The van der Waals surface area contributed by atoms with E-state index in [1.54, 1.807) is 32.2 Å². The van der Waals surface area contributed by atoms with E-state index in [4.69, 9.17) is 13.7 Å². The van der Waals surface area contributed by atoms with Crippen molar-refractivity contribution in [3.05, 3.63) is 36.1 Å². The van der Waals surface area contributed by atoms with Gasteiger partial charge in [0.05, 0.1) is 18.6 Å². The smallest absolute Gasteiger partial charge is 0.277 e. The maximum absolute atomic E-state index is 12.0. The molecule has 0 saturated heterocycles. The van der Waals surface area contributed by atoms with Gasteiger partial charge in [0.15, 0.2) is 5.69 Å². The summed E-state index contributed by atoms with van der Waals surface area (Å²) < 4.78 is 15.6. The normalized spacial score (nSPS) is 10.6. The van der Waals surface area contributed by atoms with E-state index in [0.717, 1.165) is 11.8 Å². The maximum Gasteiger partial charge on any atom is 0.277 e. The predicted molar refractivity (Wildman–Crippen MR) is 86.9 cm³/mol. The molecule has 0 radical (unpaired) electrons. The van der Waals surface area contributed by atoms with Crippen LogP contribution in [0.2, 0.25) is 0 Å². The molecule has 0 saturated carbocycles. The predicted octanol–water partition coefficient (Wildman–Crippen LogP) is 2.77. The number of carbonyl (C=O) groups is 1. The van der Waals surface area contributed by atoms with Crippen LogP contribution in [0, 0.1) is 6.92 Å². The van der Waals surface area contributed by atoms with E-state index >= 15 is 0 Å². The minimum absolute atomic E-state index is 0.123. The number of thioether (sulfide) groups is 1. The van der Waals surface area contributed by atoms with Gasteiger partial charge in [0.2, 0.25) is 5.91 Å². The number of ether oxygens (including phenoxy) is 1. The zero-order valence-corrected chi connectivity index (χ0v) is 13.8. The molecule has 24 heavy (non-hydrogen) atoms. The largest absolute Gasteiger partial charge is 0.495 e. The lowest BCUT2D eigenvalue weighted by Crippen LogP contribution is -2.14. The van der Waals surface area contributed by atoms with Gasteiger partial charge >= 0.3 is 0 Å². The van der Waals surface area contributed by atoms with Crippen LogP contribution >= 0.6 is 11.8 Å². The molecule has 3 rings (SSSR count). The third-order valence-corrected chi connectivity index (χ3v) is 3.78. The first-order chi connectivity index (χ1) is 11.7. The topological polar surface area (TPSA) is 103 Å². The number of aryl methyl sites for hydroxylation is 1. The van der Waals surface area contributed by atoms with Gasteiger partial charge in [-0.05, 0) is 19.1 Å². The number of para-hydroxylation sites is 2. The third kappa shape index (κ3) is 3.74. The third-order valence-electron chi connectivity index (χ3n) is 2.96. The fraction of sp³-hybridized carbons (Fsp3) is 0.200. The number of anilines is 1. The van der Waals surface area contributed by atoms with E-state index < -0.39 is 0 Å². The van der Waals surface area contributed by atoms with Gasteiger partial charge in [-0.3, -0.25) is 4.79 Å². The van der Waals surface area contributed by atoms with Crippen molar-refractivity contribution >= 4 is 23.4 Å². The molecule has 0 aliphatic rings. The molecular weight excluding hydrogens is 332 g/mol. The van der Waals surface area contributed by atoms with Crippen LogP contribution in [0.5, 0.6) is 5.75 Å². The summed E-state index contributed by atoms with van der Waals surface area (Å²) in [6.45, 7) is 1.77. The van der Waals surface area contributed by atoms with Gasteiger partial charge in [-0.25, -0.2) is 0 Å². The molecular formula is C15H14N4O4S. The summed E-state index contributed by atoms with van der Waals surface area (Å²) in [5, 5.41) is 14.6. The van der Waals surface area contributed by atoms with Crippen molar-refractivity contribution in [3.63, 3.8) is 0 Å². The van der Waals surface area contributed by atoms with Crippen LogP contribution in [0.4, 0.5) is 5.69 Å². The van der Waals surface area contributed by atoms with Crippen molar-refractivity contribution in [2.75, 3.05) is 18.2 Å². The second-order valence-electron chi connectivity index (χ2n) is 4.73. The summed E-state index contributed by atoms with van der Waals surface area (Å²) >= 11 is 1.13. The van der Waals surface area contributed by atoms with Crippen LogP contribution < -0.4 is 10.1 Å². The maximum atomic E-state index is 12.0. The Kier molecular flexibility index (Phi) is 4.80. The standard InChI is InChI=1S/C15H14N4O4S/c1-9-7-11(19-23-9)14-17-18-15(22-14)24-8-13(20)16-10-5-3-4-6-12(10)21-2/h3-7H,8H2,1-2H3,(H,16,20). The molecule has 0 unspecified atom stereocenters. The zero-order valence-electron chi connectivity index (χ0n) is 13.0. The van der Waals surface area contributed by atoms with E-state index in [9.17, 15) is 4.79 Å². The lowest BCUT2D eigenvalue weighted by molar-refractivity contribution is -0.113. The van der Waals surface area contributed by atoms with Crippen molar-refractivity contribution in [3.8, 4) is 17.3 Å². The van der Waals surface area contributed by atoms with Crippen molar-refractivity contribution in [1.29, 1.82) is 0 Å². The molecule has 1 aromatic carbocycles. The van der Waals surface area contributed by atoms with E-state index in [1.807, 2.05) is 12.1 Å². The van der Waals surface area contributed by atoms with E-state index in [2.05, 4.69) is 20.7 Å². The lowest BCUT2D eigenvalue weighted by Gasteiger charge is -2.08. The summed E-state index contributed by atoms with van der Waals surface area (Å²) in [6, 6.07) is 8.87. The quantitative estimate of drug-likeness (QED) is 0.680. The minimum atomic E-state index is -0.207. The van der Waals surface area contributed by atoms with Crippen LogP contribution in [0.15, 0.2) is 44.5 Å². The minimum Gasteiger partial charge on any atom is -0.495 e. The number of carbonyl (C=O) groups excluding carboxylic acids is 1. The fourth-order valence-corrected chi connectivity index (χ4v) is 2.46. The number of rotatable bonds is 6. The summed E-state index contributed by atoms with van der Waals surface area (Å²) in [5.41, 5.74) is 1.07. The Balaban J connectivity index is 1.58. The molecule has 9 heteroatoms. The molecule has 0 spiro atoms. The van der Waals surface area contributed by atoms with Gasteiger partial charge in [-0.1, -0.05) is 29.1 Å². The Labute approximate surface area is 141 Å². The van der Waals surface area contributed by atoms with Gasteiger partial charge in [0.25, 0.3) is 11.1 Å². The van der Waals surface area contributed by atoms with Crippen molar-refractivity contribution in [2.45, 2.75) is 12.1 Å². The van der Waals surface area contributed by atoms with Crippen LogP contribution in [0.25, 0.3) is 11.6 Å². The Morgan fingerprint density at radius 1 is 1.33 bits per heavy atom. The average Bonchev–Trinajstić information content (AvgIpc) is 3.22. The molecule has 2 aromatic heterocycles. The zero-order chi connectivity index (χ0) is 16.9. The van der Waals surface area contributed by atoms with E-state index in [-0.39, 0.29) is 22.8 Å². The molecule has 0 fully saturated rings. The van der Waals surface area contributed by atoms with E-state index in [0.29, 0.717) is 22.9 Å². The number of hydrogen-bond acceptors (Lipinski definition) is 8. The number of methoxy groups -OCH3 is 1. The number of hydrogen-bond donors (Lipinski definition) is 1. The second-order valence-corrected chi connectivity index (χ2v) is 5.66. The highest BCUT2D eigenvalue weighted by Gasteiger charge is 2.14. The van der Waals surface area contributed by atoms with Crippen molar-refractivity contribution in [2.24, 2.45) is 0 Å². The molecule has 1 N–H and O–H groups in total. The molecule has 0 aliphatic heterocycles. The van der Waals surface area contributed by atoms with Gasteiger partial charge in [-0.2, -0.15) is 0 Å². The average molecular weight is 346 g/mol. The number of nitrogens with one attached hydrogen (secondary N) is 1. The number of amides is 1. The van der Waals surface area contributed by atoms with Gasteiger partial charge < -0.3 is 19.0 Å².